The van der Waals surface area contributed by atoms with Crippen molar-refractivity contribution in [1.29, 1.82) is 0 Å². The third-order valence-electron chi connectivity index (χ3n) is 11.1. The fourth-order valence-corrected chi connectivity index (χ4v) is 11.2. The SMILES string of the molecule is Cc1ccc(S(=O)(=O)N(C)CC#Cc2ccc(OCCCc3sc(N(CCC4COC(C)(C)O4)c4cc(C)c(N=c5sc6ccccc6n5COCC[Si](C)(C)C)nn4)nc3C(=O)O)c(F)c2)cc1. The van der Waals surface area contributed by atoms with Gasteiger partial charge in [-0.25, -0.2) is 22.6 Å². The molecule has 0 aliphatic carbocycles. The number of rotatable bonds is 20. The van der Waals surface area contributed by atoms with Crippen LogP contribution in [-0.4, -0.2) is 103 Å². The fraction of sp³-hybridized carbons (Fsp3) is 0.408. The predicted molar refractivity (Wildman–Crippen MR) is 270 cm³/mol. The third kappa shape index (κ3) is 13.5. The maximum absolute atomic E-state index is 15.2. The normalized spacial score (nSPS) is 15.2. The minimum Gasteiger partial charge on any atom is -0.491 e. The van der Waals surface area contributed by atoms with E-state index in [1.165, 1.54) is 30.5 Å². The Balaban J connectivity index is 1.05. The number of benzene rings is 3. The number of nitrogens with zero attached hydrogens (tertiary/aromatic N) is 7. The van der Waals surface area contributed by atoms with Crippen LogP contribution < -0.4 is 14.4 Å². The van der Waals surface area contributed by atoms with Gasteiger partial charge in [0.2, 0.25) is 10.0 Å². The molecular formula is C49H58FN7O8S3Si. The van der Waals surface area contributed by atoms with E-state index in [0.29, 0.717) is 73.0 Å². The monoisotopic (exact) mass is 1020 g/mol. The second kappa shape index (κ2) is 22.1. The van der Waals surface area contributed by atoms with E-state index in [9.17, 15) is 18.3 Å². The van der Waals surface area contributed by atoms with Crippen LogP contribution in [0.3, 0.4) is 0 Å². The quantitative estimate of drug-likeness (QED) is 0.0437. The molecule has 0 saturated carbocycles. The summed E-state index contributed by atoms with van der Waals surface area (Å²) in [4.78, 5) is 25.5. The molecule has 15 nitrogen and oxygen atoms in total. The van der Waals surface area contributed by atoms with Crippen molar-refractivity contribution in [2.24, 2.45) is 4.99 Å². The van der Waals surface area contributed by atoms with Crippen molar-refractivity contribution in [2.45, 2.75) is 96.2 Å². The standard InChI is InChI=1S/C49H58FN7O8S3Si/c1-33-17-20-37(21-18-33)68(60,61)55(5)24-11-13-35-19-22-40(38(50)30-35)63-26-12-16-42-44(46(58)59)51-47(67-42)56(25-23-36-31-64-49(3,4)65-36)43-29-34(2)45(54-53-43)52-48-57(32-62-27-28-69(6,7)8)39-14-9-10-15-41(39)66-48/h9-10,14-15,17-22,29-30,36H,12,16,23-28,31-32H2,1-8H3,(H,58,59). The average Bonchev–Trinajstić information content (AvgIpc) is 3.99. The number of para-hydroxylation sites is 1. The van der Waals surface area contributed by atoms with E-state index in [2.05, 4.69) is 63.4 Å². The van der Waals surface area contributed by atoms with Crippen LogP contribution in [0.1, 0.15) is 58.7 Å². The molecule has 0 spiro atoms. The van der Waals surface area contributed by atoms with Gasteiger partial charge < -0.3 is 29.0 Å². The minimum absolute atomic E-state index is 0.00706. The lowest BCUT2D eigenvalue weighted by Crippen LogP contribution is -2.27. The summed E-state index contributed by atoms with van der Waals surface area (Å²) < 4.78 is 69.1. The van der Waals surface area contributed by atoms with E-state index in [-0.39, 0.29) is 35.6 Å². The molecule has 20 heteroatoms. The summed E-state index contributed by atoms with van der Waals surface area (Å²) in [6.45, 7) is 16.3. The highest BCUT2D eigenvalue weighted by atomic mass is 32.2. The van der Waals surface area contributed by atoms with Crippen LogP contribution >= 0.6 is 22.7 Å². The van der Waals surface area contributed by atoms with Crippen molar-refractivity contribution >= 4 is 73.7 Å². The van der Waals surface area contributed by atoms with E-state index in [1.54, 1.807) is 41.7 Å². The summed E-state index contributed by atoms with van der Waals surface area (Å²) in [5, 5.41) is 19.9. The summed E-state index contributed by atoms with van der Waals surface area (Å²) >= 11 is 2.78. The number of hydrogen-bond acceptors (Lipinski definition) is 14. The van der Waals surface area contributed by atoms with Crippen LogP contribution in [-0.2, 0) is 37.4 Å². The molecule has 1 saturated heterocycles. The van der Waals surface area contributed by atoms with Gasteiger partial charge in [-0.2, -0.15) is 9.30 Å². The zero-order valence-corrected chi connectivity index (χ0v) is 43.6. The number of sulfonamides is 1. The molecule has 1 fully saturated rings. The Morgan fingerprint density at radius 2 is 1.83 bits per heavy atom. The summed E-state index contributed by atoms with van der Waals surface area (Å²) in [7, 11) is -3.57. The molecule has 3 aromatic carbocycles. The second-order valence-corrected chi connectivity index (χ2v) is 28.1. The van der Waals surface area contributed by atoms with Gasteiger partial charge in [0.1, 0.15) is 6.73 Å². The molecule has 1 atom stereocenters. The van der Waals surface area contributed by atoms with Crippen LogP contribution in [0, 0.1) is 31.5 Å². The van der Waals surface area contributed by atoms with Gasteiger partial charge in [-0.15, -0.1) is 21.5 Å². The molecular weight excluding hydrogens is 958 g/mol. The van der Waals surface area contributed by atoms with Gasteiger partial charge in [-0.05, 0) is 107 Å². The minimum atomic E-state index is -3.73. The number of carbonyl (C=O) groups is 1. The number of fused-ring (bicyclic) bond motifs is 1. The number of aromatic carboxylic acids is 1. The maximum Gasteiger partial charge on any atom is 0.355 e. The molecule has 6 aromatic rings. The van der Waals surface area contributed by atoms with Gasteiger partial charge >= 0.3 is 5.97 Å². The van der Waals surface area contributed by atoms with E-state index < -0.39 is 35.7 Å². The molecule has 366 valence electrons. The van der Waals surface area contributed by atoms with Gasteiger partial charge in [0.05, 0.1) is 41.0 Å². The Kier molecular flexibility index (Phi) is 16.5. The van der Waals surface area contributed by atoms with E-state index in [1.807, 2.05) is 50.8 Å². The summed E-state index contributed by atoms with van der Waals surface area (Å²) in [6, 6.07) is 21.9. The first-order chi connectivity index (χ1) is 32.8. The van der Waals surface area contributed by atoms with E-state index in [0.717, 1.165) is 36.5 Å². The fourth-order valence-electron chi connectivity index (χ4n) is 7.18. The van der Waals surface area contributed by atoms with Gasteiger partial charge in [-0.1, -0.05) is 72.6 Å². The number of carboxylic acids is 1. The molecule has 1 unspecified atom stereocenters. The summed E-state index contributed by atoms with van der Waals surface area (Å²) in [5.74, 6) is 3.99. The number of aromatic nitrogens is 4. The Bertz CT molecular complexity index is 3030. The first-order valence-corrected chi connectivity index (χ1v) is 29.4. The molecule has 3 aromatic heterocycles. The Morgan fingerprint density at radius 1 is 1.06 bits per heavy atom. The molecule has 7 rings (SSSR count). The number of ether oxygens (including phenoxy) is 4. The lowest BCUT2D eigenvalue weighted by atomic mass is 10.2. The second-order valence-electron chi connectivity index (χ2n) is 18.4. The number of aryl methyl sites for hydroxylation is 3. The molecule has 69 heavy (non-hydrogen) atoms. The van der Waals surface area contributed by atoms with Crippen LogP contribution in [0.15, 0.2) is 82.7 Å². The highest BCUT2D eigenvalue weighted by molar-refractivity contribution is 7.89. The Hall–Kier alpha value is -5.37. The number of anilines is 2. The number of hydrogen-bond donors (Lipinski definition) is 1. The van der Waals surface area contributed by atoms with Crippen molar-refractivity contribution in [3.8, 4) is 17.6 Å². The van der Waals surface area contributed by atoms with Crippen molar-refractivity contribution in [3.05, 3.63) is 111 Å². The van der Waals surface area contributed by atoms with Crippen LogP contribution in [0.2, 0.25) is 25.7 Å². The molecule has 0 radical (unpaired) electrons. The molecule has 1 aliphatic heterocycles. The smallest absolute Gasteiger partial charge is 0.355 e. The topological polar surface area (TPSA) is 171 Å². The number of carboxylic acid groups (broad SMARTS) is 1. The van der Waals surface area contributed by atoms with Crippen molar-refractivity contribution < 1.29 is 41.7 Å². The molecule has 1 aliphatic rings. The van der Waals surface area contributed by atoms with E-state index >= 15 is 4.39 Å². The lowest BCUT2D eigenvalue weighted by Gasteiger charge is -2.23. The van der Waals surface area contributed by atoms with Crippen molar-refractivity contribution in [1.82, 2.24) is 24.1 Å². The number of halogens is 1. The lowest BCUT2D eigenvalue weighted by molar-refractivity contribution is -0.138. The summed E-state index contributed by atoms with van der Waals surface area (Å²) in [5.41, 5.74) is 2.98. The van der Waals surface area contributed by atoms with Gasteiger partial charge in [-0.3, -0.25) is 4.57 Å². The largest absolute Gasteiger partial charge is 0.491 e. The zero-order valence-electron chi connectivity index (χ0n) is 40.1. The van der Waals surface area contributed by atoms with Crippen molar-refractivity contribution in [2.75, 3.05) is 44.9 Å². The molecule has 1 N–H and O–H groups in total. The van der Waals surface area contributed by atoms with Crippen LogP contribution in [0.25, 0.3) is 10.2 Å². The summed E-state index contributed by atoms with van der Waals surface area (Å²) in [6.07, 6.45) is 0.978. The average molecular weight is 1020 g/mol. The Labute approximate surface area is 411 Å². The first-order valence-electron chi connectivity index (χ1n) is 22.6. The molecule has 0 bridgehead atoms. The third-order valence-corrected chi connectivity index (χ3v) is 16.8. The van der Waals surface area contributed by atoms with Gasteiger partial charge in [0.15, 0.2) is 44.6 Å². The highest BCUT2D eigenvalue weighted by Crippen LogP contribution is 2.35. The maximum atomic E-state index is 15.2. The van der Waals surface area contributed by atoms with E-state index in [4.69, 9.17) is 23.9 Å². The Morgan fingerprint density at radius 3 is 2.52 bits per heavy atom. The highest BCUT2D eigenvalue weighted by Gasteiger charge is 2.33. The number of thiazole rings is 2. The van der Waals surface area contributed by atoms with Gasteiger partial charge in [0.25, 0.3) is 0 Å². The van der Waals surface area contributed by atoms with Crippen LogP contribution in [0.4, 0.5) is 21.2 Å². The molecule has 0 amide bonds. The molecule has 4 heterocycles. The predicted octanol–water partition coefficient (Wildman–Crippen LogP) is 9.31. The first kappa shape index (κ1) is 51.5. The van der Waals surface area contributed by atoms with Crippen molar-refractivity contribution in [3.63, 3.8) is 0 Å². The van der Waals surface area contributed by atoms with Crippen LogP contribution in [0.5, 0.6) is 5.75 Å². The van der Waals surface area contributed by atoms with Gasteiger partial charge in [0, 0.05) is 38.7 Å². The zero-order chi connectivity index (χ0) is 49.5.